The Kier molecular flexibility index (Phi) is 9.99. The molecule has 1 unspecified atom stereocenters. The summed E-state index contributed by atoms with van der Waals surface area (Å²) in [5, 5.41) is 21.0. The van der Waals surface area contributed by atoms with Crippen molar-refractivity contribution < 1.29 is 15.0 Å². The van der Waals surface area contributed by atoms with Gasteiger partial charge in [0, 0.05) is 12.0 Å². The van der Waals surface area contributed by atoms with Crippen LogP contribution in [0.4, 0.5) is 0 Å². The van der Waals surface area contributed by atoms with Gasteiger partial charge in [-0.1, -0.05) is 57.1 Å². The molecule has 0 heterocycles. The van der Waals surface area contributed by atoms with E-state index in [2.05, 4.69) is 47.3 Å². The molecular weight excluding hydrogens is 420 g/mol. The summed E-state index contributed by atoms with van der Waals surface area (Å²) in [5.74, 6) is 1.43. The molecule has 3 nitrogen and oxygen atoms in total. The molecule has 0 spiro atoms. The highest BCUT2D eigenvalue weighted by Crippen LogP contribution is 2.55. The zero-order chi connectivity index (χ0) is 25.7. The van der Waals surface area contributed by atoms with Crippen LogP contribution < -0.4 is 0 Å². The molecule has 0 bridgehead atoms. The third-order valence-corrected chi connectivity index (χ3v) is 10.2. The number of rotatable bonds is 10. The zero-order valence-electron chi connectivity index (χ0n) is 23.2. The van der Waals surface area contributed by atoms with E-state index in [1.807, 2.05) is 13.8 Å². The highest BCUT2D eigenvalue weighted by Gasteiger charge is 2.52. The number of hydrogen-bond donors (Lipinski definition) is 2. The standard InChI is InChI=1S/C31H52O3/c1-22(13-16-27-23(2)14-15-25(4)29(27,5)6)11-9-18-30(7)28(12-10-20-32)26(24(3)21-33)17-19-31(30,8)34/h11,21,25,27-28,32,34H,2,9-10,12-20H2,1,3-8H3/b22-11+,26-24-/t25-,27+,28+,30?,31-/m0/s1. The smallest absolute Gasteiger partial charge is 0.145 e. The molecule has 2 rings (SSSR count). The first-order valence-electron chi connectivity index (χ1n) is 13.6. The Labute approximate surface area is 209 Å². The van der Waals surface area contributed by atoms with Crippen molar-refractivity contribution in [3.05, 3.63) is 34.9 Å². The van der Waals surface area contributed by atoms with E-state index in [1.54, 1.807) is 0 Å². The van der Waals surface area contributed by atoms with Crippen LogP contribution in [0, 0.1) is 28.6 Å². The number of carbonyl (C=O) groups excluding carboxylic acids is 1. The fourth-order valence-corrected chi connectivity index (χ4v) is 6.86. The molecule has 2 N–H and O–H groups in total. The van der Waals surface area contributed by atoms with Crippen molar-refractivity contribution in [2.45, 2.75) is 118 Å². The Morgan fingerprint density at radius 3 is 2.41 bits per heavy atom. The predicted octanol–water partition coefficient (Wildman–Crippen LogP) is 7.58. The average molecular weight is 473 g/mol. The van der Waals surface area contributed by atoms with Crippen LogP contribution in [-0.2, 0) is 4.79 Å². The molecule has 0 aromatic heterocycles. The van der Waals surface area contributed by atoms with E-state index >= 15 is 0 Å². The molecule has 2 aliphatic carbocycles. The van der Waals surface area contributed by atoms with Crippen molar-refractivity contribution in [3.8, 4) is 0 Å². The average Bonchev–Trinajstić information content (AvgIpc) is 2.77. The van der Waals surface area contributed by atoms with E-state index < -0.39 is 5.60 Å². The van der Waals surface area contributed by atoms with Crippen LogP contribution in [-0.4, -0.2) is 28.7 Å². The zero-order valence-corrected chi connectivity index (χ0v) is 23.2. The minimum atomic E-state index is -0.790. The van der Waals surface area contributed by atoms with Gasteiger partial charge in [0.25, 0.3) is 0 Å². The summed E-state index contributed by atoms with van der Waals surface area (Å²) in [5.41, 5.74) is 4.04. The van der Waals surface area contributed by atoms with Gasteiger partial charge in [0.1, 0.15) is 6.29 Å². The Hall–Kier alpha value is -1.19. The van der Waals surface area contributed by atoms with Crippen molar-refractivity contribution in [2.75, 3.05) is 6.61 Å². The molecule has 34 heavy (non-hydrogen) atoms. The van der Waals surface area contributed by atoms with Gasteiger partial charge in [-0.3, -0.25) is 4.79 Å². The lowest BCUT2D eigenvalue weighted by molar-refractivity contribution is -0.115. The van der Waals surface area contributed by atoms with E-state index in [4.69, 9.17) is 0 Å². The third-order valence-electron chi connectivity index (χ3n) is 10.2. The number of aliphatic hydroxyl groups excluding tert-OH is 1. The Morgan fingerprint density at radius 1 is 1.12 bits per heavy atom. The van der Waals surface area contributed by atoms with Gasteiger partial charge in [-0.2, -0.15) is 0 Å². The van der Waals surface area contributed by atoms with Gasteiger partial charge in [0.15, 0.2) is 0 Å². The lowest BCUT2D eigenvalue weighted by atomic mass is 9.54. The predicted molar refractivity (Wildman–Crippen MR) is 144 cm³/mol. The van der Waals surface area contributed by atoms with Gasteiger partial charge in [-0.05, 0) is 114 Å². The second-order valence-corrected chi connectivity index (χ2v) is 12.5. The number of aldehydes is 1. The minimum Gasteiger partial charge on any atom is -0.396 e. The fraction of sp³-hybridized carbons (Fsp3) is 0.774. The van der Waals surface area contributed by atoms with Crippen LogP contribution in [0.5, 0.6) is 0 Å². The Morgan fingerprint density at radius 2 is 1.79 bits per heavy atom. The van der Waals surface area contributed by atoms with Crippen LogP contribution in [0.25, 0.3) is 0 Å². The molecule has 0 aromatic carbocycles. The van der Waals surface area contributed by atoms with Gasteiger partial charge in [0.05, 0.1) is 5.60 Å². The number of hydrogen-bond acceptors (Lipinski definition) is 3. The molecule has 0 aliphatic heterocycles. The first kappa shape index (κ1) is 29.0. The summed E-state index contributed by atoms with van der Waals surface area (Å²) >= 11 is 0. The normalized spacial score (nSPS) is 35.9. The van der Waals surface area contributed by atoms with E-state index in [1.165, 1.54) is 23.1 Å². The maximum atomic E-state index is 11.6. The largest absolute Gasteiger partial charge is 0.396 e. The summed E-state index contributed by atoms with van der Waals surface area (Å²) in [7, 11) is 0. The van der Waals surface area contributed by atoms with Crippen LogP contribution in [0.1, 0.15) is 113 Å². The summed E-state index contributed by atoms with van der Waals surface area (Å²) in [6, 6.07) is 0. The SMILES string of the molecule is C=C1CC[C@H](C)C(C)(C)[C@@H]1CC/C(C)=C/CCC1(C)[C@H](CCCO)/C(=C(/C)C=O)CC[C@]1(C)O. The molecule has 0 amide bonds. The molecule has 3 heteroatoms. The van der Waals surface area contributed by atoms with Crippen molar-refractivity contribution in [2.24, 2.45) is 28.6 Å². The van der Waals surface area contributed by atoms with E-state index in [-0.39, 0.29) is 17.9 Å². The van der Waals surface area contributed by atoms with Gasteiger partial charge in [-0.25, -0.2) is 0 Å². The molecular formula is C31H52O3. The first-order valence-corrected chi connectivity index (χ1v) is 13.6. The number of aliphatic hydroxyl groups is 2. The van der Waals surface area contributed by atoms with Crippen LogP contribution >= 0.6 is 0 Å². The molecule has 2 saturated carbocycles. The van der Waals surface area contributed by atoms with E-state index in [0.717, 1.165) is 62.7 Å². The molecule has 0 radical (unpaired) electrons. The minimum absolute atomic E-state index is 0.121. The van der Waals surface area contributed by atoms with Crippen molar-refractivity contribution >= 4 is 6.29 Å². The number of allylic oxidation sites excluding steroid dienone is 5. The second kappa shape index (κ2) is 11.7. The molecule has 2 fully saturated rings. The monoisotopic (exact) mass is 472 g/mol. The molecule has 5 atom stereocenters. The Bertz CT molecular complexity index is 784. The Balaban J connectivity index is 2.13. The fourth-order valence-electron chi connectivity index (χ4n) is 6.86. The second-order valence-electron chi connectivity index (χ2n) is 12.5. The summed E-state index contributed by atoms with van der Waals surface area (Å²) in [4.78, 5) is 11.6. The molecule has 0 saturated heterocycles. The topological polar surface area (TPSA) is 57.5 Å². The highest BCUT2D eigenvalue weighted by atomic mass is 16.3. The van der Waals surface area contributed by atoms with Crippen LogP contribution in [0.3, 0.4) is 0 Å². The maximum absolute atomic E-state index is 11.6. The molecule has 194 valence electrons. The maximum Gasteiger partial charge on any atom is 0.145 e. The summed E-state index contributed by atoms with van der Waals surface area (Å²) in [6.07, 6.45) is 12.8. The lowest BCUT2D eigenvalue weighted by Crippen LogP contribution is -2.52. The van der Waals surface area contributed by atoms with Crippen molar-refractivity contribution in [1.29, 1.82) is 0 Å². The number of carbonyl (C=O) groups is 1. The van der Waals surface area contributed by atoms with Gasteiger partial charge >= 0.3 is 0 Å². The van der Waals surface area contributed by atoms with Crippen molar-refractivity contribution in [3.63, 3.8) is 0 Å². The van der Waals surface area contributed by atoms with Gasteiger partial charge in [-0.15, -0.1) is 0 Å². The highest BCUT2D eigenvalue weighted by molar-refractivity contribution is 5.74. The van der Waals surface area contributed by atoms with E-state index in [0.29, 0.717) is 24.2 Å². The third kappa shape index (κ3) is 6.13. The quantitative estimate of drug-likeness (QED) is 0.196. The summed E-state index contributed by atoms with van der Waals surface area (Å²) < 4.78 is 0. The van der Waals surface area contributed by atoms with Crippen LogP contribution in [0.15, 0.2) is 34.9 Å². The molecule has 2 aliphatic rings. The van der Waals surface area contributed by atoms with Crippen LogP contribution in [0.2, 0.25) is 0 Å². The van der Waals surface area contributed by atoms with Gasteiger partial charge < -0.3 is 10.2 Å². The lowest BCUT2D eigenvalue weighted by Gasteiger charge is -2.53. The first-order chi connectivity index (χ1) is 15.8. The van der Waals surface area contributed by atoms with E-state index in [9.17, 15) is 15.0 Å². The molecule has 0 aromatic rings. The summed E-state index contributed by atoms with van der Waals surface area (Å²) in [6.45, 7) is 20.1. The van der Waals surface area contributed by atoms with Crippen molar-refractivity contribution in [1.82, 2.24) is 0 Å². The van der Waals surface area contributed by atoms with Gasteiger partial charge in [0.2, 0.25) is 0 Å².